The van der Waals surface area contributed by atoms with Crippen LogP contribution in [0.25, 0.3) is 17.0 Å². The molecule has 0 radical (unpaired) electrons. The minimum Gasteiger partial charge on any atom is -0.492 e. The molecule has 0 atom stereocenters. The van der Waals surface area contributed by atoms with Crippen LogP contribution in [0, 0.1) is 0 Å². The maximum atomic E-state index is 12.9. The van der Waals surface area contributed by atoms with E-state index in [1.165, 1.54) is 0 Å². The number of Topliss-reactive ketones (excluding diaryl/α,β-unsaturated/α-hetero) is 2. The van der Waals surface area contributed by atoms with E-state index in [1.54, 1.807) is 36.4 Å². The molecule has 164 valence electrons. The number of hydrogen-bond acceptors (Lipinski definition) is 3. The second-order valence-electron chi connectivity index (χ2n) is 7.83. The molecule has 1 aliphatic rings. The molecule has 3 aromatic carbocycles. The minimum atomic E-state index is -0.223. The summed E-state index contributed by atoms with van der Waals surface area (Å²) in [4.78, 5) is 25.7. The first kappa shape index (κ1) is 21.7. The average molecular weight is 521 g/mol. The van der Waals surface area contributed by atoms with Crippen LogP contribution in [0.5, 0.6) is 5.75 Å². The molecule has 4 nitrogen and oxygen atoms in total. The summed E-state index contributed by atoms with van der Waals surface area (Å²) < 4.78 is 8.87. The van der Waals surface area contributed by atoms with Crippen LogP contribution in [0.1, 0.15) is 32.7 Å². The molecule has 5 rings (SSSR count). The van der Waals surface area contributed by atoms with Crippen LogP contribution < -0.4 is 4.74 Å². The Kier molecular flexibility index (Phi) is 5.92. The predicted molar refractivity (Wildman–Crippen MR) is 134 cm³/mol. The van der Waals surface area contributed by atoms with Gasteiger partial charge in [-0.1, -0.05) is 63.9 Å². The van der Waals surface area contributed by atoms with Gasteiger partial charge in [-0.25, -0.2) is 0 Å². The molecule has 0 spiro atoms. The van der Waals surface area contributed by atoms with E-state index in [4.69, 9.17) is 16.3 Å². The molecule has 0 saturated carbocycles. The second kappa shape index (κ2) is 9.00. The highest BCUT2D eigenvalue weighted by molar-refractivity contribution is 9.10. The first-order valence-corrected chi connectivity index (χ1v) is 11.8. The highest BCUT2D eigenvalue weighted by Gasteiger charge is 2.32. The molecule has 4 aromatic rings. The van der Waals surface area contributed by atoms with Crippen molar-refractivity contribution in [2.45, 2.75) is 13.0 Å². The van der Waals surface area contributed by atoms with E-state index in [2.05, 4.69) is 20.5 Å². The third-order valence-corrected chi connectivity index (χ3v) is 6.52. The van der Waals surface area contributed by atoms with E-state index >= 15 is 0 Å². The number of nitrogens with zero attached hydrogens (tertiary/aromatic N) is 1. The molecule has 1 heterocycles. The molecule has 33 heavy (non-hydrogen) atoms. The van der Waals surface area contributed by atoms with E-state index in [-0.39, 0.29) is 17.1 Å². The van der Waals surface area contributed by atoms with Crippen LogP contribution in [0.15, 0.2) is 83.0 Å². The number of benzene rings is 3. The Hall–Kier alpha value is -3.15. The highest BCUT2D eigenvalue weighted by Crippen LogP contribution is 2.32. The first-order valence-electron chi connectivity index (χ1n) is 10.6. The number of ketones is 2. The van der Waals surface area contributed by atoms with Gasteiger partial charge in [0.15, 0.2) is 11.6 Å². The fraction of sp³-hybridized carbons (Fsp3) is 0.111. The van der Waals surface area contributed by atoms with Gasteiger partial charge in [-0.2, -0.15) is 0 Å². The maximum absolute atomic E-state index is 12.9. The zero-order chi connectivity index (χ0) is 22.9. The number of aromatic nitrogens is 1. The highest BCUT2D eigenvalue weighted by atomic mass is 79.9. The van der Waals surface area contributed by atoms with Gasteiger partial charge >= 0.3 is 0 Å². The van der Waals surface area contributed by atoms with Crippen molar-refractivity contribution in [3.63, 3.8) is 0 Å². The molecule has 0 aliphatic heterocycles. The second-order valence-corrected chi connectivity index (χ2v) is 9.16. The zero-order valence-electron chi connectivity index (χ0n) is 17.6. The van der Waals surface area contributed by atoms with Gasteiger partial charge in [0.25, 0.3) is 0 Å². The van der Waals surface area contributed by atoms with E-state index < -0.39 is 0 Å². The van der Waals surface area contributed by atoms with Crippen molar-refractivity contribution in [1.29, 1.82) is 0 Å². The molecule has 0 fully saturated rings. The van der Waals surface area contributed by atoms with Crippen molar-refractivity contribution in [3.8, 4) is 5.75 Å². The number of para-hydroxylation sites is 1. The maximum Gasteiger partial charge on any atom is 0.197 e. The largest absolute Gasteiger partial charge is 0.492 e. The number of hydrogen-bond donors (Lipinski definition) is 0. The molecule has 1 aliphatic carbocycles. The smallest absolute Gasteiger partial charge is 0.197 e. The van der Waals surface area contributed by atoms with E-state index in [0.29, 0.717) is 35.1 Å². The third kappa shape index (κ3) is 4.14. The van der Waals surface area contributed by atoms with Gasteiger partial charge in [0.2, 0.25) is 0 Å². The SMILES string of the molecule is O=C1C(=Cc2cn(CCCOc3ccccc3Cl)c3ccc(Br)cc23)C(=O)c2ccccc21. The number of halogens is 2. The van der Waals surface area contributed by atoms with Gasteiger partial charge in [0.05, 0.1) is 17.2 Å². The van der Waals surface area contributed by atoms with Crippen molar-refractivity contribution in [3.05, 3.63) is 105 Å². The number of ether oxygens (including phenoxy) is 1. The molecule has 0 unspecified atom stereocenters. The van der Waals surface area contributed by atoms with Gasteiger partial charge < -0.3 is 9.30 Å². The molecule has 1 aromatic heterocycles. The summed E-state index contributed by atoms with van der Waals surface area (Å²) in [6.07, 6.45) is 4.48. The average Bonchev–Trinajstić information content (AvgIpc) is 3.28. The molecule has 0 amide bonds. The van der Waals surface area contributed by atoms with E-state index in [9.17, 15) is 9.59 Å². The lowest BCUT2D eigenvalue weighted by molar-refractivity contribution is 0.0990. The van der Waals surface area contributed by atoms with E-state index in [0.717, 1.165) is 27.4 Å². The van der Waals surface area contributed by atoms with Gasteiger partial charge in [0, 0.05) is 44.8 Å². The summed E-state index contributed by atoms with van der Waals surface area (Å²) >= 11 is 9.69. The number of fused-ring (bicyclic) bond motifs is 2. The lowest BCUT2D eigenvalue weighted by Crippen LogP contribution is -2.04. The van der Waals surface area contributed by atoms with Crippen molar-refractivity contribution >= 4 is 56.1 Å². The topological polar surface area (TPSA) is 48.3 Å². The molecule has 0 bridgehead atoms. The fourth-order valence-corrected chi connectivity index (χ4v) is 4.69. The molecule has 0 N–H and O–H groups in total. The number of carbonyl (C=O) groups is 2. The van der Waals surface area contributed by atoms with Gasteiger partial charge in [-0.3, -0.25) is 9.59 Å². The van der Waals surface area contributed by atoms with Crippen LogP contribution >= 0.6 is 27.5 Å². The fourth-order valence-electron chi connectivity index (χ4n) is 4.13. The van der Waals surface area contributed by atoms with Crippen molar-refractivity contribution < 1.29 is 14.3 Å². The van der Waals surface area contributed by atoms with Crippen molar-refractivity contribution in [1.82, 2.24) is 4.57 Å². The molecular formula is C27H19BrClNO3. The number of rotatable bonds is 6. The standard InChI is InChI=1S/C27H19BrClNO3/c28-18-10-11-24-21(15-18)17(14-22-26(31)19-6-1-2-7-20(19)27(22)32)16-30(24)12-5-13-33-25-9-4-3-8-23(25)29/h1-4,6-11,14-16H,5,12-13H2. The van der Waals surface area contributed by atoms with Crippen molar-refractivity contribution in [2.75, 3.05) is 6.61 Å². The first-order chi connectivity index (χ1) is 16.0. The summed E-state index contributed by atoms with van der Waals surface area (Å²) in [6.45, 7) is 1.23. The van der Waals surface area contributed by atoms with Crippen LogP contribution in [0.2, 0.25) is 5.02 Å². The summed E-state index contributed by atoms with van der Waals surface area (Å²) in [5, 5.41) is 1.56. The summed E-state index contributed by atoms with van der Waals surface area (Å²) in [7, 11) is 0. The van der Waals surface area contributed by atoms with Crippen LogP contribution in [-0.4, -0.2) is 22.7 Å². The Morgan fingerprint density at radius 1 is 0.939 bits per heavy atom. The predicted octanol–water partition coefficient (Wildman–Crippen LogP) is 6.99. The summed E-state index contributed by atoms with van der Waals surface area (Å²) in [5.41, 5.74) is 3.00. The monoisotopic (exact) mass is 519 g/mol. The lowest BCUT2D eigenvalue weighted by Gasteiger charge is -2.09. The lowest BCUT2D eigenvalue weighted by atomic mass is 10.1. The number of allylic oxidation sites excluding steroid dienone is 1. The van der Waals surface area contributed by atoms with Crippen molar-refractivity contribution in [2.24, 2.45) is 0 Å². The van der Waals surface area contributed by atoms with E-state index in [1.807, 2.05) is 42.6 Å². The van der Waals surface area contributed by atoms with Gasteiger partial charge in [-0.15, -0.1) is 0 Å². The Morgan fingerprint density at radius 3 is 2.36 bits per heavy atom. The van der Waals surface area contributed by atoms with Crippen LogP contribution in [-0.2, 0) is 6.54 Å². The summed E-state index contributed by atoms with van der Waals surface area (Å²) in [5.74, 6) is 0.225. The Labute approximate surface area is 204 Å². The molecule has 6 heteroatoms. The minimum absolute atomic E-state index is 0.206. The zero-order valence-corrected chi connectivity index (χ0v) is 19.9. The quantitative estimate of drug-likeness (QED) is 0.156. The Bertz CT molecular complexity index is 1400. The third-order valence-electron chi connectivity index (χ3n) is 5.72. The number of aryl methyl sites for hydroxylation is 1. The summed E-state index contributed by atoms with van der Waals surface area (Å²) in [6, 6.07) is 20.4. The van der Waals surface area contributed by atoms with Crippen LogP contribution in [0.4, 0.5) is 0 Å². The van der Waals surface area contributed by atoms with Gasteiger partial charge in [-0.05, 0) is 42.8 Å². The molecule has 0 saturated heterocycles. The Balaban J connectivity index is 1.42. The van der Waals surface area contributed by atoms with Crippen LogP contribution in [0.3, 0.4) is 0 Å². The normalized spacial score (nSPS) is 13.0. The molecular weight excluding hydrogens is 502 g/mol. The Morgan fingerprint density at radius 2 is 1.64 bits per heavy atom. The van der Waals surface area contributed by atoms with Gasteiger partial charge in [0.1, 0.15) is 5.75 Å². The number of carbonyl (C=O) groups excluding carboxylic acids is 2.